The molecule has 0 aliphatic heterocycles. The van der Waals surface area contributed by atoms with E-state index in [9.17, 15) is 0 Å². The highest BCUT2D eigenvalue weighted by Crippen LogP contribution is 2.54. The van der Waals surface area contributed by atoms with E-state index >= 15 is 0 Å². The first-order valence-corrected chi connectivity index (χ1v) is 7.82. The molecule has 1 spiro atoms. The van der Waals surface area contributed by atoms with Gasteiger partial charge in [-0.25, -0.2) is 0 Å². The fraction of sp³-hybridized carbons (Fsp3) is 0.556. The zero-order chi connectivity index (χ0) is 13.0. The minimum atomic E-state index is 0.514. The molecule has 2 aliphatic rings. The highest BCUT2D eigenvalue weighted by atomic mass is 14.7. The molecule has 1 heterocycles. The van der Waals surface area contributed by atoms with Crippen LogP contribution in [-0.4, -0.2) is 4.98 Å². The van der Waals surface area contributed by atoms with Crippen LogP contribution in [0.4, 0.5) is 0 Å². The largest absolute Gasteiger partial charge is 0.358 e. The second-order valence-electron chi connectivity index (χ2n) is 6.89. The summed E-state index contributed by atoms with van der Waals surface area (Å²) < 4.78 is 0. The maximum atomic E-state index is 3.61. The summed E-state index contributed by atoms with van der Waals surface area (Å²) >= 11 is 0. The average Bonchev–Trinajstić information content (AvgIpc) is 2.89. The highest BCUT2D eigenvalue weighted by molar-refractivity contribution is 5.86. The van der Waals surface area contributed by atoms with Gasteiger partial charge >= 0.3 is 0 Å². The van der Waals surface area contributed by atoms with Gasteiger partial charge in [0, 0.05) is 11.2 Å². The van der Waals surface area contributed by atoms with Gasteiger partial charge in [0.2, 0.25) is 0 Å². The van der Waals surface area contributed by atoms with E-state index in [-0.39, 0.29) is 0 Å². The lowest BCUT2D eigenvalue weighted by Crippen LogP contribution is -2.26. The lowest BCUT2D eigenvalue weighted by Gasteiger charge is -2.34. The molecule has 100 valence electrons. The molecule has 0 unspecified atom stereocenters. The third-order valence-corrected chi connectivity index (χ3v) is 5.54. The van der Waals surface area contributed by atoms with Gasteiger partial charge in [0.25, 0.3) is 0 Å². The highest BCUT2D eigenvalue weighted by Gasteiger charge is 2.43. The second-order valence-corrected chi connectivity index (χ2v) is 6.89. The molecule has 2 aromatic rings. The summed E-state index contributed by atoms with van der Waals surface area (Å²) in [5.74, 6) is 0.717. The van der Waals surface area contributed by atoms with Crippen LogP contribution in [0.2, 0.25) is 0 Å². The normalized spacial score (nSPS) is 25.1. The molecule has 0 bridgehead atoms. The van der Waals surface area contributed by atoms with Crippen molar-refractivity contribution in [1.82, 2.24) is 4.98 Å². The first kappa shape index (κ1) is 11.6. The second kappa shape index (κ2) is 3.88. The molecule has 4 rings (SSSR count). The van der Waals surface area contributed by atoms with Gasteiger partial charge in [-0.15, -0.1) is 0 Å². The van der Waals surface area contributed by atoms with Crippen molar-refractivity contribution in [2.24, 2.45) is 0 Å². The fourth-order valence-electron chi connectivity index (χ4n) is 4.84. The summed E-state index contributed by atoms with van der Waals surface area (Å²) in [4.78, 5) is 3.61. The van der Waals surface area contributed by atoms with E-state index in [2.05, 4.69) is 37.0 Å². The molecule has 1 heteroatoms. The Bertz CT molecular complexity index is 628. The number of aryl methyl sites for hydroxylation is 1. The standard InChI is InChI=1S/C18H23N/c1-12-11-18(8-4-3-5-9-18)15-7-6-14-10-13(2)19-17(14)16(12)15/h6-7,10,12,19H,3-5,8-9,11H2,1-2H3/t12-/m0/s1. The molecule has 0 saturated heterocycles. The molecule has 1 fully saturated rings. The number of hydrogen-bond acceptors (Lipinski definition) is 0. The zero-order valence-corrected chi connectivity index (χ0v) is 12.1. The van der Waals surface area contributed by atoms with E-state index < -0.39 is 0 Å². The number of benzene rings is 1. The van der Waals surface area contributed by atoms with Gasteiger partial charge in [0.05, 0.1) is 0 Å². The lowest BCUT2D eigenvalue weighted by molar-refractivity contribution is 0.283. The van der Waals surface area contributed by atoms with Crippen LogP contribution in [0.25, 0.3) is 10.9 Å². The molecular formula is C18H23N. The Hall–Kier alpha value is -1.24. The first-order valence-electron chi connectivity index (χ1n) is 7.82. The van der Waals surface area contributed by atoms with E-state index in [1.807, 2.05) is 0 Å². The van der Waals surface area contributed by atoms with E-state index in [4.69, 9.17) is 0 Å². The zero-order valence-electron chi connectivity index (χ0n) is 12.1. The van der Waals surface area contributed by atoms with Gasteiger partial charge in [0.15, 0.2) is 0 Å². The van der Waals surface area contributed by atoms with Crippen molar-refractivity contribution in [2.45, 2.75) is 63.7 Å². The Balaban J connectivity index is 1.95. The van der Waals surface area contributed by atoms with Gasteiger partial charge in [-0.2, -0.15) is 0 Å². The van der Waals surface area contributed by atoms with Crippen molar-refractivity contribution in [3.05, 3.63) is 35.0 Å². The molecular weight excluding hydrogens is 230 g/mol. The third kappa shape index (κ3) is 1.54. The Morgan fingerprint density at radius 1 is 1.16 bits per heavy atom. The predicted molar refractivity (Wildman–Crippen MR) is 80.8 cm³/mol. The maximum Gasteiger partial charge on any atom is 0.0494 e. The smallest absolute Gasteiger partial charge is 0.0494 e. The van der Waals surface area contributed by atoms with Crippen molar-refractivity contribution in [3.8, 4) is 0 Å². The minimum absolute atomic E-state index is 0.514. The van der Waals surface area contributed by atoms with Crippen molar-refractivity contribution < 1.29 is 0 Å². The lowest BCUT2D eigenvalue weighted by atomic mass is 9.70. The van der Waals surface area contributed by atoms with Crippen LogP contribution in [-0.2, 0) is 5.41 Å². The third-order valence-electron chi connectivity index (χ3n) is 5.54. The van der Waals surface area contributed by atoms with E-state index in [1.165, 1.54) is 55.1 Å². The predicted octanol–water partition coefficient (Wildman–Crippen LogP) is 5.19. The first-order chi connectivity index (χ1) is 9.20. The molecule has 1 atom stereocenters. The van der Waals surface area contributed by atoms with Gasteiger partial charge in [-0.1, -0.05) is 38.3 Å². The summed E-state index contributed by atoms with van der Waals surface area (Å²) in [5, 5.41) is 1.40. The van der Waals surface area contributed by atoms with Gasteiger partial charge in [-0.05, 0) is 60.1 Å². The monoisotopic (exact) mass is 253 g/mol. The Kier molecular flexibility index (Phi) is 2.36. The van der Waals surface area contributed by atoms with Gasteiger partial charge in [0.1, 0.15) is 0 Å². The van der Waals surface area contributed by atoms with Gasteiger partial charge in [-0.3, -0.25) is 0 Å². The molecule has 1 aromatic heterocycles. The van der Waals surface area contributed by atoms with E-state index in [1.54, 1.807) is 11.1 Å². The fourth-order valence-corrected chi connectivity index (χ4v) is 4.84. The summed E-state index contributed by atoms with van der Waals surface area (Å²) in [5.41, 5.74) is 6.53. The SMILES string of the molecule is Cc1cc2ccc3c(c2[nH]1)[C@@H](C)CC31CCCCC1. The van der Waals surface area contributed by atoms with Crippen molar-refractivity contribution in [3.63, 3.8) is 0 Å². The molecule has 1 N–H and O–H groups in total. The average molecular weight is 253 g/mol. The van der Waals surface area contributed by atoms with Crippen LogP contribution in [0.3, 0.4) is 0 Å². The molecule has 1 saturated carbocycles. The molecule has 19 heavy (non-hydrogen) atoms. The van der Waals surface area contributed by atoms with Crippen molar-refractivity contribution in [2.75, 3.05) is 0 Å². The summed E-state index contributed by atoms with van der Waals surface area (Å²) in [6.45, 7) is 4.60. The number of rotatable bonds is 0. The maximum absolute atomic E-state index is 3.61. The molecule has 0 amide bonds. The number of aromatic nitrogens is 1. The van der Waals surface area contributed by atoms with Crippen LogP contribution >= 0.6 is 0 Å². The Morgan fingerprint density at radius 2 is 1.95 bits per heavy atom. The molecule has 0 radical (unpaired) electrons. The van der Waals surface area contributed by atoms with Crippen LogP contribution in [0.1, 0.15) is 68.2 Å². The van der Waals surface area contributed by atoms with Crippen LogP contribution in [0.15, 0.2) is 18.2 Å². The van der Waals surface area contributed by atoms with Crippen LogP contribution in [0, 0.1) is 6.92 Å². The Morgan fingerprint density at radius 3 is 2.74 bits per heavy atom. The molecule has 1 nitrogen and oxygen atoms in total. The quantitative estimate of drug-likeness (QED) is 0.665. The van der Waals surface area contributed by atoms with Crippen molar-refractivity contribution >= 4 is 10.9 Å². The van der Waals surface area contributed by atoms with Crippen molar-refractivity contribution in [1.29, 1.82) is 0 Å². The minimum Gasteiger partial charge on any atom is -0.358 e. The summed E-state index contributed by atoms with van der Waals surface area (Å²) in [7, 11) is 0. The number of nitrogens with one attached hydrogen (secondary N) is 1. The van der Waals surface area contributed by atoms with E-state index in [0.717, 1.165) is 5.92 Å². The van der Waals surface area contributed by atoms with E-state index in [0.29, 0.717) is 5.41 Å². The van der Waals surface area contributed by atoms with Crippen LogP contribution in [0.5, 0.6) is 0 Å². The molecule has 2 aliphatic carbocycles. The number of aromatic amines is 1. The van der Waals surface area contributed by atoms with Gasteiger partial charge < -0.3 is 4.98 Å². The summed E-state index contributed by atoms with van der Waals surface area (Å²) in [6, 6.07) is 7.07. The van der Waals surface area contributed by atoms with Crippen LogP contribution < -0.4 is 0 Å². The number of hydrogen-bond donors (Lipinski definition) is 1. The topological polar surface area (TPSA) is 15.8 Å². The summed E-state index contributed by atoms with van der Waals surface area (Å²) in [6.07, 6.45) is 8.49. The number of fused-ring (bicyclic) bond motifs is 4. The number of H-pyrrole nitrogens is 1. The molecule has 1 aromatic carbocycles. The Labute approximate surface area is 115 Å².